The van der Waals surface area contributed by atoms with Gasteiger partial charge in [-0.05, 0) is 50.3 Å². The maximum atomic E-state index is 11.5. The molecule has 2 aromatic heterocycles. The van der Waals surface area contributed by atoms with Gasteiger partial charge in [-0.25, -0.2) is 4.99 Å². The van der Waals surface area contributed by atoms with Crippen molar-refractivity contribution in [2.45, 2.75) is 38.6 Å². The van der Waals surface area contributed by atoms with Crippen molar-refractivity contribution in [1.29, 1.82) is 0 Å². The SMILES string of the molecule is O=[N+]([O-])c1ccccc1N=c1scc(-c2cc3ccccc3o2)n1CCC1=CCCCC1. The normalized spacial score (nSPS) is 14.6. The molecule has 162 valence electrons. The van der Waals surface area contributed by atoms with Gasteiger partial charge in [0.15, 0.2) is 10.6 Å². The number of thiazole rings is 1. The topological polar surface area (TPSA) is 73.6 Å². The highest BCUT2D eigenvalue weighted by atomic mass is 32.1. The lowest BCUT2D eigenvalue weighted by molar-refractivity contribution is -0.384. The molecule has 0 unspecified atom stereocenters. The molecule has 2 aromatic carbocycles. The molecule has 5 rings (SSSR count). The summed E-state index contributed by atoms with van der Waals surface area (Å²) in [6.07, 6.45) is 8.08. The van der Waals surface area contributed by atoms with Crippen LogP contribution >= 0.6 is 11.3 Å². The Morgan fingerprint density at radius 2 is 1.97 bits per heavy atom. The average Bonchev–Trinajstić information content (AvgIpc) is 3.42. The number of allylic oxidation sites excluding steroid dienone is 2. The van der Waals surface area contributed by atoms with Crippen molar-refractivity contribution in [1.82, 2.24) is 4.57 Å². The molecule has 0 atom stereocenters. The van der Waals surface area contributed by atoms with Gasteiger partial charge in [0.1, 0.15) is 11.3 Å². The van der Waals surface area contributed by atoms with E-state index in [0.29, 0.717) is 5.69 Å². The number of nitro groups is 1. The Bertz CT molecular complexity index is 1340. The number of benzene rings is 2. The van der Waals surface area contributed by atoms with Gasteiger partial charge in [-0.3, -0.25) is 10.1 Å². The summed E-state index contributed by atoms with van der Waals surface area (Å²) in [6, 6.07) is 16.6. The van der Waals surface area contributed by atoms with Crippen LogP contribution in [0.1, 0.15) is 32.1 Å². The van der Waals surface area contributed by atoms with Crippen LogP contribution in [-0.2, 0) is 6.54 Å². The summed E-state index contributed by atoms with van der Waals surface area (Å²) in [5.74, 6) is 0.782. The third-order valence-electron chi connectivity index (χ3n) is 5.81. The summed E-state index contributed by atoms with van der Waals surface area (Å²) in [5.41, 5.74) is 3.63. The number of fused-ring (bicyclic) bond motifs is 1. The zero-order valence-electron chi connectivity index (χ0n) is 17.6. The van der Waals surface area contributed by atoms with Gasteiger partial charge in [-0.1, -0.05) is 42.0 Å². The minimum atomic E-state index is -0.385. The van der Waals surface area contributed by atoms with E-state index < -0.39 is 0 Å². The van der Waals surface area contributed by atoms with Gasteiger partial charge in [0.2, 0.25) is 0 Å². The Morgan fingerprint density at radius 3 is 2.78 bits per heavy atom. The first kappa shape index (κ1) is 20.5. The van der Waals surface area contributed by atoms with Gasteiger partial charge in [0.25, 0.3) is 5.69 Å². The first-order valence-electron chi connectivity index (χ1n) is 10.8. The van der Waals surface area contributed by atoms with Gasteiger partial charge in [0.05, 0.1) is 10.6 Å². The first-order valence-corrected chi connectivity index (χ1v) is 11.7. The lowest BCUT2D eigenvalue weighted by Crippen LogP contribution is -2.16. The molecule has 0 saturated carbocycles. The molecule has 0 spiro atoms. The van der Waals surface area contributed by atoms with Gasteiger partial charge in [0, 0.05) is 23.4 Å². The number of furan rings is 1. The predicted octanol–water partition coefficient (Wildman–Crippen LogP) is 6.99. The van der Waals surface area contributed by atoms with Crippen LogP contribution in [0.3, 0.4) is 0 Å². The smallest absolute Gasteiger partial charge is 0.294 e. The second-order valence-corrected chi connectivity index (χ2v) is 8.76. The number of nitro benzene ring substituents is 1. The third kappa shape index (κ3) is 4.16. The highest BCUT2D eigenvalue weighted by Crippen LogP contribution is 2.30. The Morgan fingerprint density at radius 1 is 1.12 bits per heavy atom. The average molecular weight is 446 g/mol. The standard InChI is InChI=1S/C25H23N3O3S/c29-28(30)21-12-6-5-11-20(21)26-25-27(15-14-18-8-2-1-3-9-18)22(17-32-25)24-16-19-10-4-7-13-23(19)31-24/h4-8,10-13,16-17H,1-3,9,14-15H2. The lowest BCUT2D eigenvalue weighted by Gasteiger charge is -2.14. The summed E-state index contributed by atoms with van der Waals surface area (Å²) in [5, 5.41) is 14.6. The van der Waals surface area contributed by atoms with E-state index >= 15 is 0 Å². The molecule has 0 N–H and O–H groups in total. The molecule has 4 aromatic rings. The van der Waals surface area contributed by atoms with Crippen LogP contribution in [0.5, 0.6) is 0 Å². The highest BCUT2D eigenvalue weighted by Gasteiger charge is 2.16. The summed E-state index contributed by atoms with van der Waals surface area (Å²) in [4.78, 5) is 16.5. The second-order valence-electron chi connectivity index (χ2n) is 7.92. The maximum Gasteiger partial charge on any atom is 0.294 e. The van der Waals surface area contributed by atoms with Crippen LogP contribution < -0.4 is 4.80 Å². The Balaban J connectivity index is 1.60. The monoisotopic (exact) mass is 445 g/mol. The minimum Gasteiger partial charge on any atom is -0.454 e. The van der Waals surface area contributed by atoms with Crippen molar-refractivity contribution >= 4 is 33.7 Å². The van der Waals surface area contributed by atoms with Crippen LogP contribution in [0, 0.1) is 10.1 Å². The molecule has 0 radical (unpaired) electrons. The largest absolute Gasteiger partial charge is 0.454 e. The molecule has 0 saturated heterocycles. The summed E-state index contributed by atoms with van der Waals surface area (Å²) >= 11 is 1.48. The molecule has 2 heterocycles. The zero-order valence-corrected chi connectivity index (χ0v) is 18.4. The van der Waals surface area contributed by atoms with E-state index in [1.807, 2.05) is 35.7 Å². The fourth-order valence-corrected chi connectivity index (χ4v) is 5.07. The summed E-state index contributed by atoms with van der Waals surface area (Å²) in [7, 11) is 0. The number of hydrogen-bond acceptors (Lipinski definition) is 5. The number of para-hydroxylation sites is 3. The summed E-state index contributed by atoms with van der Waals surface area (Å²) in [6.45, 7) is 0.751. The van der Waals surface area contributed by atoms with Crippen LogP contribution in [0.15, 0.2) is 81.0 Å². The molecular formula is C25H23N3O3S. The maximum absolute atomic E-state index is 11.5. The molecule has 7 heteroatoms. The first-order chi connectivity index (χ1) is 15.7. The zero-order chi connectivity index (χ0) is 21.9. The Labute approximate surface area is 189 Å². The Hall–Kier alpha value is -3.45. The molecule has 0 fully saturated rings. The van der Waals surface area contributed by atoms with Crippen molar-refractivity contribution in [2.24, 2.45) is 4.99 Å². The van der Waals surface area contributed by atoms with E-state index in [4.69, 9.17) is 9.41 Å². The van der Waals surface area contributed by atoms with Crippen molar-refractivity contribution in [3.63, 3.8) is 0 Å². The van der Waals surface area contributed by atoms with Gasteiger partial charge >= 0.3 is 0 Å². The van der Waals surface area contributed by atoms with E-state index in [1.165, 1.54) is 35.8 Å². The third-order valence-corrected chi connectivity index (χ3v) is 6.68. The minimum absolute atomic E-state index is 0.00715. The Kier molecular flexibility index (Phi) is 5.73. The van der Waals surface area contributed by atoms with Crippen LogP contribution in [0.25, 0.3) is 22.4 Å². The van der Waals surface area contributed by atoms with E-state index in [0.717, 1.165) is 53.0 Å². The van der Waals surface area contributed by atoms with Crippen molar-refractivity contribution in [3.8, 4) is 11.5 Å². The van der Waals surface area contributed by atoms with Crippen LogP contribution in [0.2, 0.25) is 0 Å². The van der Waals surface area contributed by atoms with Crippen LogP contribution in [0.4, 0.5) is 11.4 Å². The van der Waals surface area contributed by atoms with Crippen molar-refractivity contribution < 1.29 is 9.34 Å². The number of aromatic nitrogens is 1. The number of hydrogen-bond donors (Lipinski definition) is 0. The fraction of sp³-hybridized carbons (Fsp3) is 0.240. The molecule has 6 nitrogen and oxygen atoms in total. The molecular weight excluding hydrogens is 422 g/mol. The fourth-order valence-electron chi connectivity index (χ4n) is 4.14. The van der Waals surface area contributed by atoms with Gasteiger partial charge < -0.3 is 8.98 Å². The molecule has 0 amide bonds. The molecule has 32 heavy (non-hydrogen) atoms. The number of rotatable bonds is 6. The van der Waals surface area contributed by atoms with Gasteiger partial charge in [-0.2, -0.15) is 0 Å². The van der Waals surface area contributed by atoms with E-state index in [2.05, 4.69) is 10.6 Å². The van der Waals surface area contributed by atoms with Crippen molar-refractivity contribution in [3.05, 3.63) is 86.5 Å². The van der Waals surface area contributed by atoms with E-state index in [-0.39, 0.29) is 10.6 Å². The molecule has 0 bridgehead atoms. The van der Waals surface area contributed by atoms with E-state index in [9.17, 15) is 10.1 Å². The molecule has 1 aliphatic carbocycles. The van der Waals surface area contributed by atoms with Gasteiger partial charge in [-0.15, -0.1) is 11.3 Å². The lowest BCUT2D eigenvalue weighted by atomic mass is 9.97. The highest BCUT2D eigenvalue weighted by molar-refractivity contribution is 7.07. The van der Waals surface area contributed by atoms with E-state index in [1.54, 1.807) is 18.2 Å². The molecule has 0 aliphatic heterocycles. The predicted molar refractivity (Wildman–Crippen MR) is 127 cm³/mol. The summed E-state index contributed by atoms with van der Waals surface area (Å²) < 4.78 is 8.27. The number of nitrogens with zero attached hydrogens (tertiary/aromatic N) is 3. The second kappa shape index (κ2) is 8.96. The molecule has 1 aliphatic rings. The van der Waals surface area contributed by atoms with Crippen molar-refractivity contribution in [2.75, 3.05) is 0 Å². The van der Waals surface area contributed by atoms with Crippen LogP contribution in [-0.4, -0.2) is 9.49 Å². The quantitative estimate of drug-likeness (QED) is 0.182.